The Morgan fingerprint density at radius 3 is 2.51 bits per heavy atom. The van der Waals surface area contributed by atoms with E-state index >= 15 is 0 Å². The number of benzene rings is 3. The van der Waals surface area contributed by atoms with Crippen molar-refractivity contribution < 1.29 is 24.2 Å². The molecular formula is C32H29N5O5S. The number of carboxylic acid groups (broad SMARTS) is 1. The van der Waals surface area contributed by atoms with E-state index in [1.807, 2.05) is 79.8 Å². The van der Waals surface area contributed by atoms with Crippen LogP contribution in [0.25, 0.3) is 21.5 Å². The fourth-order valence-corrected chi connectivity index (χ4v) is 5.69. The lowest BCUT2D eigenvalue weighted by molar-refractivity contribution is 0.0685. The van der Waals surface area contributed by atoms with Crippen LogP contribution >= 0.6 is 11.3 Å². The van der Waals surface area contributed by atoms with Gasteiger partial charge in [-0.05, 0) is 48.5 Å². The molecule has 5 aromatic rings. The number of aromatic nitrogens is 2. The lowest BCUT2D eigenvalue weighted by atomic mass is 10.1. The summed E-state index contributed by atoms with van der Waals surface area (Å²) < 4.78 is 12.4. The van der Waals surface area contributed by atoms with Gasteiger partial charge in [0.05, 0.1) is 40.5 Å². The minimum atomic E-state index is -1.19. The normalized spacial score (nSPS) is 12.6. The SMILES string of the molecule is CN1CCN(C(=O)Nc2nc3ccccc3s2)c2cc(-c3ccc(OCCCOc4ccccc4)c(C(=O)O)n3)ccc21. The largest absolute Gasteiger partial charge is 0.493 e. The molecule has 3 heterocycles. The Kier molecular flexibility index (Phi) is 8.05. The van der Waals surface area contributed by atoms with Crippen molar-refractivity contribution in [2.45, 2.75) is 6.42 Å². The third-order valence-corrected chi connectivity index (χ3v) is 7.96. The van der Waals surface area contributed by atoms with E-state index in [0.717, 1.165) is 21.7 Å². The first-order valence-electron chi connectivity index (χ1n) is 13.8. The Balaban J connectivity index is 1.19. The van der Waals surface area contributed by atoms with Crippen LogP contribution < -0.4 is 24.6 Å². The first-order valence-corrected chi connectivity index (χ1v) is 14.6. The van der Waals surface area contributed by atoms with Crippen molar-refractivity contribution in [3.63, 3.8) is 0 Å². The molecule has 0 radical (unpaired) electrons. The van der Waals surface area contributed by atoms with E-state index in [1.165, 1.54) is 11.3 Å². The summed E-state index contributed by atoms with van der Waals surface area (Å²) in [6.45, 7) is 1.84. The molecule has 0 unspecified atom stereocenters. The van der Waals surface area contributed by atoms with Gasteiger partial charge in [-0.25, -0.2) is 19.6 Å². The topological polar surface area (TPSA) is 117 Å². The summed E-state index contributed by atoms with van der Waals surface area (Å²) in [5.41, 5.74) is 3.36. The minimum Gasteiger partial charge on any atom is -0.493 e. The van der Waals surface area contributed by atoms with Crippen molar-refractivity contribution >= 4 is 50.1 Å². The highest BCUT2D eigenvalue weighted by Gasteiger charge is 2.27. The Morgan fingerprint density at radius 1 is 0.907 bits per heavy atom. The summed E-state index contributed by atoms with van der Waals surface area (Å²) in [5.74, 6) is -0.235. The van der Waals surface area contributed by atoms with Gasteiger partial charge in [0.2, 0.25) is 0 Å². The number of nitrogens with zero attached hydrogens (tertiary/aromatic N) is 4. The molecule has 0 aliphatic carbocycles. The molecule has 218 valence electrons. The monoisotopic (exact) mass is 595 g/mol. The lowest BCUT2D eigenvalue weighted by Gasteiger charge is -2.35. The van der Waals surface area contributed by atoms with Crippen LogP contribution in [0.5, 0.6) is 11.5 Å². The molecule has 0 atom stereocenters. The quantitative estimate of drug-likeness (QED) is 0.188. The summed E-state index contributed by atoms with van der Waals surface area (Å²) in [6, 6.07) is 25.9. The van der Waals surface area contributed by atoms with Crippen LogP contribution in [0.1, 0.15) is 16.9 Å². The maximum atomic E-state index is 13.4. The maximum absolute atomic E-state index is 13.4. The first kappa shape index (κ1) is 28.0. The molecule has 6 rings (SSSR count). The molecule has 3 aromatic carbocycles. The number of ether oxygens (including phenoxy) is 2. The van der Waals surface area contributed by atoms with E-state index < -0.39 is 5.97 Å². The van der Waals surface area contributed by atoms with E-state index in [2.05, 4.69) is 20.2 Å². The van der Waals surface area contributed by atoms with Crippen molar-refractivity contribution in [2.75, 3.05) is 48.5 Å². The number of fused-ring (bicyclic) bond motifs is 2. The van der Waals surface area contributed by atoms with Crippen LogP contribution in [0.15, 0.2) is 84.9 Å². The molecule has 10 nitrogen and oxygen atoms in total. The summed E-state index contributed by atoms with van der Waals surface area (Å²) in [4.78, 5) is 38.2. The van der Waals surface area contributed by atoms with Crippen LogP contribution in [-0.4, -0.2) is 60.4 Å². The van der Waals surface area contributed by atoms with Gasteiger partial charge in [-0.1, -0.05) is 47.7 Å². The zero-order valence-corrected chi connectivity index (χ0v) is 24.2. The van der Waals surface area contributed by atoms with Crippen LogP contribution in [0.4, 0.5) is 21.3 Å². The third kappa shape index (κ3) is 6.21. The van der Waals surface area contributed by atoms with E-state index in [1.54, 1.807) is 17.0 Å². The Labute approximate surface area is 252 Å². The molecule has 0 saturated carbocycles. The molecule has 43 heavy (non-hydrogen) atoms. The molecular weight excluding hydrogens is 566 g/mol. The number of anilines is 3. The number of aromatic carboxylic acids is 1. The van der Waals surface area contributed by atoms with E-state index in [9.17, 15) is 14.7 Å². The molecule has 2 N–H and O–H groups in total. The Hall–Kier alpha value is -5.16. The zero-order chi connectivity index (χ0) is 29.8. The average molecular weight is 596 g/mol. The van der Waals surface area contributed by atoms with Gasteiger partial charge in [0.25, 0.3) is 0 Å². The number of urea groups is 1. The van der Waals surface area contributed by atoms with Crippen LogP contribution in [0.3, 0.4) is 0 Å². The van der Waals surface area contributed by atoms with Crippen molar-refractivity contribution in [3.8, 4) is 22.8 Å². The molecule has 0 bridgehead atoms. The molecule has 0 fully saturated rings. The number of carbonyl (C=O) groups is 2. The number of pyridine rings is 1. The average Bonchev–Trinajstić information content (AvgIpc) is 3.43. The fraction of sp³-hybridized carbons (Fsp3) is 0.188. The second kappa shape index (κ2) is 12.4. The molecule has 1 aliphatic rings. The van der Waals surface area contributed by atoms with E-state index in [4.69, 9.17) is 9.47 Å². The number of para-hydroxylation sites is 2. The first-order chi connectivity index (χ1) is 21.0. The van der Waals surface area contributed by atoms with Gasteiger partial charge < -0.3 is 19.5 Å². The smallest absolute Gasteiger partial charge is 0.358 e. The van der Waals surface area contributed by atoms with Crippen molar-refractivity contribution in [2.24, 2.45) is 0 Å². The number of carboxylic acids is 1. The molecule has 0 spiro atoms. The van der Waals surface area contributed by atoms with Gasteiger partial charge in [-0.3, -0.25) is 10.2 Å². The Morgan fingerprint density at radius 2 is 1.70 bits per heavy atom. The Bertz CT molecular complexity index is 1740. The number of likely N-dealkylation sites (N-methyl/N-ethyl adjacent to an activating group) is 1. The third-order valence-electron chi connectivity index (χ3n) is 7.00. The van der Waals surface area contributed by atoms with Crippen LogP contribution in [0, 0.1) is 0 Å². The highest BCUT2D eigenvalue weighted by molar-refractivity contribution is 7.22. The number of thiazole rings is 1. The number of hydrogen-bond donors (Lipinski definition) is 2. The molecule has 2 aromatic heterocycles. The number of rotatable bonds is 9. The highest BCUT2D eigenvalue weighted by atomic mass is 32.1. The molecule has 2 amide bonds. The van der Waals surface area contributed by atoms with Crippen molar-refractivity contribution in [1.82, 2.24) is 9.97 Å². The summed E-state index contributed by atoms with van der Waals surface area (Å²) in [6.07, 6.45) is 0.572. The number of carbonyl (C=O) groups excluding carboxylic acids is 1. The van der Waals surface area contributed by atoms with Gasteiger partial charge in [-0.15, -0.1) is 0 Å². The van der Waals surface area contributed by atoms with E-state index in [-0.39, 0.29) is 24.1 Å². The van der Waals surface area contributed by atoms with Gasteiger partial charge in [-0.2, -0.15) is 0 Å². The zero-order valence-electron chi connectivity index (χ0n) is 23.4. The molecule has 0 saturated heterocycles. The second-order valence-electron chi connectivity index (χ2n) is 9.91. The number of hydrogen-bond acceptors (Lipinski definition) is 8. The number of amides is 2. The van der Waals surface area contributed by atoms with Crippen LogP contribution in [-0.2, 0) is 0 Å². The van der Waals surface area contributed by atoms with Gasteiger partial charge in [0.1, 0.15) is 5.75 Å². The summed E-state index contributed by atoms with van der Waals surface area (Å²) >= 11 is 1.42. The minimum absolute atomic E-state index is 0.179. The van der Waals surface area contributed by atoms with Gasteiger partial charge in [0, 0.05) is 32.1 Å². The maximum Gasteiger partial charge on any atom is 0.358 e. The van der Waals surface area contributed by atoms with Crippen molar-refractivity contribution in [3.05, 3.63) is 90.6 Å². The predicted molar refractivity (Wildman–Crippen MR) is 168 cm³/mol. The highest BCUT2D eigenvalue weighted by Crippen LogP contribution is 2.37. The summed E-state index contributed by atoms with van der Waals surface area (Å²) in [5, 5.41) is 13.4. The van der Waals surface area contributed by atoms with E-state index in [0.29, 0.717) is 48.2 Å². The number of nitrogens with one attached hydrogen (secondary N) is 1. The van der Waals surface area contributed by atoms with Gasteiger partial charge >= 0.3 is 12.0 Å². The fourth-order valence-electron chi connectivity index (χ4n) is 4.83. The summed E-state index contributed by atoms with van der Waals surface area (Å²) in [7, 11) is 1.97. The molecule has 1 aliphatic heterocycles. The lowest BCUT2D eigenvalue weighted by Crippen LogP contribution is -2.44. The van der Waals surface area contributed by atoms with Crippen molar-refractivity contribution in [1.29, 1.82) is 0 Å². The predicted octanol–water partition coefficient (Wildman–Crippen LogP) is 6.39. The standard InChI is InChI=1S/C32H29N5O5S/c1-36-16-17-37(32(40)35-31-34-24-10-5-6-11-28(24)43-31)26-20-21(12-14-25(26)36)23-13-15-27(29(33-23)30(38)39)42-19-7-18-41-22-8-3-2-4-9-22/h2-6,8-15,20H,7,16-19H2,1H3,(H,38,39)(H,34,35,40). The molecule has 11 heteroatoms. The van der Waals surface area contributed by atoms with Crippen LogP contribution in [0.2, 0.25) is 0 Å². The van der Waals surface area contributed by atoms with Gasteiger partial charge in [0.15, 0.2) is 16.6 Å². The second-order valence-corrected chi connectivity index (χ2v) is 10.9.